The molecule has 0 saturated heterocycles. The van der Waals surface area contributed by atoms with Crippen LogP contribution in [0.15, 0.2) is 36.4 Å². The van der Waals surface area contributed by atoms with Crippen LogP contribution < -0.4 is 10.6 Å². The fraction of sp³-hybridized carbons (Fsp3) is 0.364. The fourth-order valence-corrected chi connectivity index (χ4v) is 4.88. The number of para-hydroxylation sites is 2. The number of amides is 2. The van der Waals surface area contributed by atoms with Gasteiger partial charge < -0.3 is 10.6 Å². The van der Waals surface area contributed by atoms with E-state index in [2.05, 4.69) is 10.6 Å². The van der Waals surface area contributed by atoms with Crippen molar-refractivity contribution in [2.75, 3.05) is 10.6 Å². The third kappa shape index (κ3) is 5.79. The van der Waals surface area contributed by atoms with Crippen molar-refractivity contribution in [2.24, 2.45) is 0 Å². The molecule has 0 saturated carbocycles. The molecule has 0 spiro atoms. The SMILES string of the molecule is Cc1cccc(C)c1NC(=O)[C@@H](C)SS[C@H](C)C(=O)Nc1c(C)cccc1C. The maximum atomic E-state index is 12.5. The highest BCUT2D eigenvalue weighted by Gasteiger charge is 2.21. The number of hydrogen-bond donors (Lipinski definition) is 2. The molecule has 0 heterocycles. The third-order valence-corrected chi connectivity index (χ3v) is 7.72. The normalized spacial score (nSPS) is 12.9. The Hall–Kier alpha value is -1.92. The van der Waals surface area contributed by atoms with E-state index < -0.39 is 0 Å². The summed E-state index contributed by atoms with van der Waals surface area (Å²) in [7, 11) is 2.83. The molecule has 28 heavy (non-hydrogen) atoms. The Balaban J connectivity index is 1.90. The average Bonchev–Trinajstić information content (AvgIpc) is 2.65. The summed E-state index contributed by atoms with van der Waals surface area (Å²) in [5, 5.41) is 5.47. The van der Waals surface area contributed by atoms with E-state index in [4.69, 9.17) is 0 Å². The van der Waals surface area contributed by atoms with E-state index in [1.807, 2.05) is 77.9 Å². The first-order valence-electron chi connectivity index (χ1n) is 9.27. The minimum Gasteiger partial charge on any atom is -0.325 e. The molecule has 2 amide bonds. The van der Waals surface area contributed by atoms with Gasteiger partial charge in [-0.15, -0.1) is 0 Å². The van der Waals surface area contributed by atoms with E-state index in [0.29, 0.717) is 0 Å². The van der Waals surface area contributed by atoms with E-state index >= 15 is 0 Å². The van der Waals surface area contributed by atoms with Gasteiger partial charge in [0.1, 0.15) is 0 Å². The molecule has 0 aliphatic heterocycles. The highest BCUT2D eigenvalue weighted by molar-refractivity contribution is 8.77. The Bertz CT molecular complexity index is 756. The summed E-state index contributed by atoms with van der Waals surface area (Å²) >= 11 is 0. The Labute approximate surface area is 175 Å². The molecular formula is C22H28N2O2S2. The molecule has 0 unspecified atom stereocenters. The van der Waals surface area contributed by atoms with Gasteiger partial charge in [-0.3, -0.25) is 9.59 Å². The largest absolute Gasteiger partial charge is 0.325 e. The number of benzene rings is 2. The summed E-state index contributed by atoms with van der Waals surface area (Å²) in [6, 6.07) is 11.9. The molecule has 2 rings (SSSR count). The first-order valence-corrected chi connectivity index (χ1v) is 11.5. The molecule has 0 bridgehead atoms. The Morgan fingerprint density at radius 1 is 0.679 bits per heavy atom. The van der Waals surface area contributed by atoms with Crippen molar-refractivity contribution in [3.05, 3.63) is 58.7 Å². The second kappa shape index (κ2) is 10.0. The molecule has 2 aromatic carbocycles. The van der Waals surface area contributed by atoms with Crippen molar-refractivity contribution in [1.29, 1.82) is 0 Å². The van der Waals surface area contributed by atoms with Gasteiger partial charge >= 0.3 is 0 Å². The van der Waals surface area contributed by atoms with Gasteiger partial charge in [0.05, 0.1) is 10.5 Å². The van der Waals surface area contributed by atoms with Crippen LogP contribution >= 0.6 is 21.6 Å². The van der Waals surface area contributed by atoms with Crippen molar-refractivity contribution >= 4 is 44.8 Å². The molecule has 0 aromatic heterocycles. The summed E-state index contributed by atoms with van der Waals surface area (Å²) in [6.07, 6.45) is 0. The summed E-state index contributed by atoms with van der Waals surface area (Å²) in [6.45, 7) is 11.6. The molecular weight excluding hydrogens is 388 g/mol. The summed E-state index contributed by atoms with van der Waals surface area (Å²) < 4.78 is 0. The smallest absolute Gasteiger partial charge is 0.238 e. The van der Waals surface area contributed by atoms with Crippen LogP contribution in [0.3, 0.4) is 0 Å². The predicted octanol–water partition coefficient (Wildman–Crippen LogP) is 5.66. The topological polar surface area (TPSA) is 58.2 Å². The van der Waals surface area contributed by atoms with Crippen LogP contribution in [0.2, 0.25) is 0 Å². The van der Waals surface area contributed by atoms with Crippen molar-refractivity contribution in [3.63, 3.8) is 0 Å². The minimum absolute atomic E-state index is 0.0581. The van der Waals surface area contributed by atoms with Gasteiger partial charge in [0.25, 0.3) is 0 Å². The second-order valence-electron chi connectivity index (χ2n) is 6.99. The Kier molecular flexibility index (Phi) is 8.01. The van der Waals surface area contributed by atoms with Crippen molar-refractivity contribution < 1.29 is 9.59 Å². The maximum Gasteiger partial charge on any atom is 0.238 e. The molecule has 0 aliphatic carbocycles. The van der Waals surface area contributed by atoms with Gasteiger partial charge in [-0.05, 0) is 63.8 Å². The van der Waals surface area contributed by atoms with Gasteiger partial charge in [-0.2, -0.15) is 0 Å². The lowest BCUT2D eigenvalue weighted by molar-refractivity contribution is -0.116. The number of rotatable bonds is 7. The zero-order valence-electron chi connectivity index (χ0n) is 17.3. The van der Waals surface area contributed by atoms with E-state index in [1.165, 1.54) is 21.6 Å². The number of carbonyl (C=O) groups excluding carboxylic acids is 2. The predicted molar refractivity (Wildman–Crippen MR) is 123 cm³/mol. The zero-order valence-corrected chi connectivity index (χ0v) is 18.9. The molecule has 0 aliphatic rings. The summed E-state index contributed by atoms with van der Waals surface area (Å²) in [5.41, 5.74) is 5.90. The molecule has 2 N–H and O–H groups in total. The first-order chi connectivity index (χ1) is 13.2. The standard InChI is InChI=1S/C22H28N2O2S2/c1-13-9-7-10-14(2)19(13)23-21(25)17(5)27-28-18(6)22(26)24-20-15(3)11-8-12-16(20)4/h7-12,17-18H,1-6H3,(H,23,25)(H,24,26)/t17-,18-/m1/s1. The van der Waals surface area contributed by atoms with Gasteiger partial charge in [0, 0.05) is 11.4 Å². The van der Waals surface area contributed by atoms with E-state index in [9.17, 15) is 9.59 Å². The van der Waals surface area contributed by atoms with Crippen molar-refractivity contribution in [2.45, 2.75) is 52.0 Å². The molecule has 2 aromatic rings. The van der Waals surface area contributed by atoms with E-state index in [1.54, 1.807) is 0 Å². The van der Waals surface area contributed by atoms with Crippen molar-refractivity contribution in [3.8, 4) is 0 Å². The lowest BCUT2D eigenvalue weighted by atomic mass is 10.1. The van der Waals surface area contributed by atoms with Crippen LogP contribution in [0.5, 0.6) is 0 Å². The van der Waals surface area contributed by atoms with E-state index in [-0.39, 0.29) is 22.3 Å². The van der Waals surface area contributed by atoms with Crippen molar-refractivity contribution in [1.82, 2.24) is 0 Å². The van der Waals surface area contributed by atoms with Gasteiger partial charge in [-0.1, -0.05) is 58.0 Å². The van der Waals surface area contributed by atoms with Gasteiger partial charge in [0.2, 0.25) is 11.8 Å². The van der Waals surface area contributed by atoms with Crippen LogP contribution in [0.4, 0.5) is 11.4 Å². The lowest BCUT2D eigenvalue weighted by Crippen LogP contribution is -2.25. The zero-order chi connectivity index (χ0) is 20.8. The number of hydrogen-bond acceptors (Lipinski definition) is 4. The number of carbonyl (C=O) groups is 2. The highest BCUT2D eigenvalue weighted by atomic mass is 33.1. The number of nitrogens with one attached hydrogen (secondary N) is 2. The van der Waals surface area contributed by atoms with Gasteiger partial charge in [-0.25, -0.2) is 0 Å². The lowest BCUT2D eigenvalue weighted by Gasteiger charge is -2.18. The van der Waals surface area contributed by atoms with Gasteiger partial charge in [0.15, 0.2) is 0 Å². The minimum atomic E-state index is -0.278. The molecule has 2 atom stereocenters. The first kappa shape index (κ1) is 22.4. The monoisotopic (exact) mass is 416 g/mol. The molecule has 0 radical (unpaired) electrons. The van der Waals surface area contributed by atoms with Crippen LogP contribution in [0, 0.1) is 27.7 Å². The van der Waals surface area contributed by atoms with Crippen LogP contribution in [-0.4, -0.2) is 22.3 Å². The second-order valence-corrected chi connectivity index (χ2v) is 9.94. The number of anilines is 2. The van der Waals surface area contributed by atoms with Crippen LogP contribution in [0.1, 0.15) is 36.1 Å². The molecule has 0 fully saturated rings. The summed E-state index contributed by atoms with van der Waals surface area (Å²) in [5.74, 6) is -0.116. The summed E-state index contributed by atoms with van der Waals surface area (Å²) in [4.78, 5) is 25.1. The number of aryl methyl sites for hydroxylation is 4. The Morgan fingerprint density at radius 2 is 0.964 bits per heavy atom. The average molecular weight is 417 g/mol. The fourth-order valence-electron chi connectivity index (χ4n) is 2.73. The highest BCUT2D eigenvalue weighted by Crippen LogP contribution is 2.33. The molecule has 4 nitrogen and oxygen atoms in total. The van der Waals surface area contributed by atoms with E-state index in [0.717, 1.165) is 33.6 Å². The maximum absolute atomic E-state index is 12.5. The quantitative estimate of drug-likeness (QED) is 0.572. The molecule has 150 valence electrons. The molecule has 6 heteroatoms. The Morgan fingerprint density at radius 3 is 1.25 bits per heavy atom. The van der Waals surface area contributed by atoms with Crippen LogP contribution in [0.25, 0.3) is 0 Å². The third-order valence-electron chi connectivity index (χ3n) is 4.54. The van der Waals surface area contributed by atoms with Crippen LogP contribution in [-0.2, 0) is 9.59 Å².